The van der Waals surface area contributed by atoms with E-state index in [0.717, 1.165) is 12.8 Å². The normalized spacial score (nSPS) is 32.1. The smallest absolute Gasteiger partial charge is 0.373 e. The molecule has 0 bridgehead atoms. The summed E-state index contributed by atoms with van der Waals surface area (Å²) in [4.78, 5) is 35.5. The van der Waals surface area contributed by atoms with Gasteiger partial charge in [0.2, 0.25) is 5.76 Å². The van der Waals surface area contributed by atoms with E-state index in [1.165, 1.54) is 14.0 Å². The molecule has 1 saturated carbocycles. The fourth-order valence-electron chi connectivity index (χ4n) is 3.15. The van der Waals surface area contributed by atoms with Crippen LogP contribution in [0.25, 0.3) is 0 Å². The highest BCUT2D eigenvalue weighted by molar-refractivity contribution is 5.90. The largest absolute Gasteiger partial charge is 0.463 e. The summed E-state index contributed by atoms with van der Waals surface area (Å²) in [5.41, 5.74) is -0.901. The van der Waals surface area contributed by atoms with E-state index in [1.54, 1.807) is 6.08 Å². The van der Waals surface area contributed by atoms with E-state index in [0.29, 0.717) is 12.8 Å². The monoisotopic (exact) mass is 296 g/mol. The zero-order valence-corrected chi connectivity index (χ0v) is 12.5. The molecule has 0 saturated heterocycles. The minimum Gasteiger partial charge on any atom is -0.463 e. The Hall–Kier alpha value is -1.85. The molecule has 0 radical (unpaired) electrons. The van der Waals surface area contributed by atoms with Crippen LogP contribution in [0.15, 0.2) is 11.8 Å². The molecular weight excluding hydrogens is 276 g/mol. The maximum absolute atomic E-state index is 12.5. The molecule has 1 spiro atoms. The number of rotatable bonds is 2. The first-order valence-corrected chi connectivity index (χ1v) is 7.09. The Morgan fingerprint density at radius 1 is 1.38 bits per heavy atom. The lowest BCUT2D eigenvalue weighted by molar-refractivity contribution is -0.216. The molecule has 6 heteroatoms. The Labute approximate surface area is 123 Å². The van der Waals surface area contributed by atoms with Crippen molar-refractivity contribution in [1.82, 2.24) is 0 Å². The highest BCUT2D eigenvalue weighted by atomic mass is 16.7. The first kappa shape index (κ1) is 15.5. The minimum atomic E-state index is -1.07. The highest BCUT2D eigenvalue weighted by Gasteiger charge is 2.56. The average molecular weight is 296 g/mol. The van der Waals surface area contributed by atoms with Crippen molar-refractivity contribution in [2.75, 3.05) is 7.11 Å². The molecule has 116 valence electrons. The van der Waals surface area contributed by atoms with Gasteiger partial charge in [0.1, 0.15) is 11.2 Å². The number of allylic oxidation sites excluding steroid dienone is 1. The first-order chi connectivity index (χ1) is 9.91. The van der Waals surface area contributed by atoms with E-state index in [-0.39, 0.29) is 17.5 Å². The Morgan fingerprint density at radius 2 is 2.10 bits per heavy atom. The van der Waals surface area contributed by atoms with Crippen LogP contribution in [0.3, 0.4) is 0 Å². The molecule has 1 fully saturated rings. The predicted molar refractivity (Wildman–Crippen MR) is 71.8 cm³/mol. The molecule has 1 aliphatic heterocycles. The van der Waals surface area contributed by atoms with Crippen molar-refractivity contribution < 1.29 is 28.6 Å². The van der Waals surface area contributed by atoms with Gasteiger partial charge in [0, 0.05) is 13.3 Å². The van der Waals surface area contributed by atoms with E-state index < -0.39 is 23.6 Å². The van der Waals surface area contributed by atoms with Crippen molar-refractivity contribution in [3.8, 4) is 0 Å². The number of ketones is 1. The molecule has 1 aliphatic carbocycles. The molecular formula is C15H20O6. The SMILES string of the molecule is COC(=O)C1=C[C@@H](C)[C@@]2(CCCCC2=O)C(OC(C)=O)O1. The Morgan fingerprint density at radius 3 is 2.67 bits per heavy atom. The minimum absolute atomic E-state index is 0.0137. The van der Waals surface area contributed by atoms with Crippen LogP contribution in [0.5, 0.6) is 0 Å². The number of ether oxygens (including phenoxy) is 3. The van der Waals surface area contributed by atoms with Crippen LogP contribution in [0.1, 0.15) is 39.5 Å². The van der Waals surface area contributed by atoms with Crippen LogP contribution < -0.4 is 0 Å². The summed E-state index contributed by atoms with van der Waals surface area (Å²) >= 11 is 0. The van der Waals surface area contributed by atoms with Crippen LogP contribution in [0.4, 0.5) is 0 Å². The summed E-state index contributed by atoms with van der Waals surface area (Å²) in [6, 6.07) is 0. The lowest BCUT2D eigenvalue weighted by Gasteiger charge is -2.46. The van der Waals surface area contributed by atoms with Crippen LogP contribution in [-0.4, -0.2) is 31.1 Å². The lowest BCUT2D eigenvalue weighted by Crippen LogP contribution is -2.53. The topological polar surface area (TPSA) is 78.9 Å². The van der Waals surface area contributed by atoms with E-state index in [9.17, 15) is 14.4 Å². The zero-order valence-electron chi connectivity index (χ0n) is 12.5. The van der Waals surface area contributed by atoms with Gasteiger partial charge in [-0.25, -0.2) is 4.79 Å². The molecule has 6 nitrogen and oxygen atoms in total. The van der Waals surface area contributed by atoms with Gasteiger partial charge >= 0.3 is 11.9 Å². The van der Waals surface area contributed by atoms with Crippen molar-refractivity contribution in [3.05, 3.63) is 11.8 Å². The molecule has 0 aromatic carbocycles. The summed E-state index contributed by atoms with van der Waals surface area (Å²) in [5.74, 6) is -1.45. The molecule has 2 rings (SSSR count). The number of carbonyl (C=O) groups excluding carboxylic acids is 3. The summed E-state index contributed by atoms with van der Waals surface area (Å²) in [5, 5.41) is 0. The molecule has 0 N–H and O–H groups in total. The van der Waals surface area contributed by atoms with Crippen LogP contribution in [0.2, 0.25) is 0 Å². The molecule has 1 unspecified atom stereocenters. The lowest BCUT2D eigenvalue weighted by atomic mass is 9.64. The highest BCUT2D eigenvalue weighted by Crippen LogP contribution is 2.48. The molecule has 21 heavy (non-hydrogen) atoms. The maximum atomic E-state index is 12.5. The molecule has 0 aromatic heterocycles. The molecule has 0 amide bonds. The maximum Gasteiger partial charge on any atom is 0.373 e. The number of hydrogen-bond donors (Lipinski definition) is 0. The number of carbonyl (C=O) groups is 3. The number of hydrogen-bond acceptors (Lipinski definition) is 6. The van der Waals surface area contributed by atoms with Crippen LogP contribution in [0, 0.1) is 11.3 Å². The Balaban J connectivity index is 2.41. The standard InChI is InChI=1S/C15H20O6/c1-9-8-11(13(18)19-3)21-14(20-10(2)16)15(9)7-5-4-6-12(15)17/h8-9,14H,4-7H2,1-3H3/t9-,14?,15-/m1/s1. The number of methoxy groups -OCH3 is 1. The number of Topliss-reactive ketones (excluding diaryl/α,β-unsaturated/α-hetero) is 1. The van der Waals surface area contributed by atoms with Gasteiger partial charge in [-0.1, -0.05) is 13.3 Å². The van der Waals surface area contributed by atoms with E-state index >= 15 is 0 Å². The zero-order chi connectivity index (χ0) is 15.6. The van der Waals surface area contributed by atoms with Gasteiger partial charge in [-0.2, -0.15) is 0 Å². The molecule has 0 aromatic rings. The van der Waals surface area contributed by atoms with Gasteiger partial charge < -0.3 is 14.2 Å². The van der Waals surface area contributed by atoms with Gasteiger partial charge in [-0.15, -0.1) is 0 Å². The average Bonchev–Trinajstić information content (AvgIpc) is 2.44. The van der Waals surface area contributed by atoms with E-state index in [2.05, 4.69) is 4.74 Å². The van der Waals surface area contributed by atoms with Crippen LogP contribution >= 0.6 is 0 Å². The third-order valence-electron chi connectivity index (χ3n) is 4.29. The first-order valence-electron chi connectivity index (χ1n) is 7.09. The quantitative estimate of drug-likeness (QED) is 0.722. The summed E-state index contributed by atoms with van der Waals surface area (Å²) in [6.07, 6.45) is 3.22. The Kier molecular flexibility index (Phi) is 4.34. The van der Waals surface area contributed by atoms with Crippen molar-refractivity contribution in [2.24, 2.45) is 11.3 Å². The van der Waals surface area contributed by atoms with Gasteiger partial charge in [0.15, 0.2) is 0 Å². The van der Waals surface area contributed by atoms with Gasteiger partial charge in [0.05, 0.1) is 7.11 Å². The molecule has 1 heterocycles. The van der Waals surface area contributed by atoms with Crippen molar-refractivity contribution in [1.29, 1.82) is 0 Å². The third kappa shape index (κ3) is 2.66. The second kappa shape index (κ2) is 5.87. The second-order valence-electron chi connectivity index (χ2n) is 5.54. The van der Waals surface area contributed by atoms with Gasteiger partial charge in [0.25, 0.3) is 6.29 Å². The molecule has 2 aliphatic rings. The van der Waals surface area contributed by atoms with Crippen molar-refractivity contribution in [3.63, 3.8) is 0 Å². The Bertz CT molecular complexity index is 494. The van der Waals surface area contributed by atoms with Crippen molar-refractivity contribution in [2.45, 2.75) is 45.8 Å². The van der Waals surface area contributed by atoms with Gasteiger partial charge in [-0.05, 0) is 24.8 Å². The second-order valence-corrected chi connectivity index (χ2v) is 5.54. The van der Waals surface area contributed by atoms with E-state index in [1.807, 2.05) is 6.92 Å². The fraction of sp³-hybridized carbons (Fsp3) is 0.667. The fourth-order valence-corrected chi connectivity index (χ4v) is 3.15. The molecule has 3 atom stereocenters. The van der Waals surface area contributed by atoms with E-state index in [4.69, 9.17) is 9.47 Å². The predicted octanol–water partition coefficient (Wildman–Crippen LogP) is 1.73. The third-order valence-corrected chi connectivity index (χ3v) is 4.29. The summed E-state index contributed by atoms with van der Waals surface area (Å²) in [6.45, 7) is 3.09. The van der Waals surface area contributed by atoms with Crippen molar-refractivity contribution >= 4 is 17.7 Å². The number of esters is 2. The van der Waals surface area contributed by atoms with Gasteiger partial charge in [-0.3, -0.25) is 9.59 Å². The van der Waals surface area contributed by atoms with Crippen LogP contribution in [-0.2, 0) is 28.6 Å². The summed E-state index contributed by atoms with van der Waals surface area (Å²) < 4.78 is 15.4. The summed E-state index contributed by atoms with van der Waals surface area (Å²) in [7, 11) is 1.24.